The van der Waals surface area contributed by atoms with E-state index in [1.165, 1.54) is 43.4 Å². The van der Waals surface area contributed by atoms with Gasteiger partial charge in [0.05, 0.1) is 10.5 Å². The third kappa shape index (κ3) is 3.69. The average molecular weight is 323 g/mol. The quantitative estimate of drug-likeness (QED) is 0.855. The van der Waals surface area contributed by atoms with Crippen molar-refractivity contribution >= 4 is 16.0 Å². The molecule has 0 radical (unpaired) electrons. The smallest absolute Gasteiger partial charge is 0.338 e. The molecule has 0 heterocycles. The van der Waals surface area contributed by atoms with Gasteiger partial charge in [-0.25, -0.2) is 22.3 Å². The van der Waals surface area contributed by atoms with E-state index in [0.717, 1.165) is 0 Å². The molecule has 1 N–H and O–H groups in total. The summed E-state index contributed by atoms with van der Waals surface area (Å²) in [7, 11) is -2.26. The van der Waals surface area contributed by atoms with Gasteiger partial charge in [0, 0.05) is 5.56 Å². The third-order valence-corrected chi connectivity index (χ3v) is 4.42. The number of ether oxygens (including phenoxy) is 1. The molecule has 2 aromatic carbocycles. The molecular weight excluding hydrogens is 309 g/mol. The Morgan fingerprint density at radius 2 is 1.77 bits per heavy atom. The van der Waals surface area contributed by atoms with Crippen LogP contribution >= 0.6 is 0 Å². The van der Waals surface area contributed by atoms with Gasteiger partial charge in [-0.05, 0) is 37.4 Å². The SMILES string of the molecule is CNS(=O)(=O)c1ccc(C(=O)OCc2ccccc2F)cc1. The number of sulfonamides is 1. The normalized spacial score (nSPS) is 11.2. The van der Waals surface area contributed by atoms with E-state index < -0.39 is 21.8 Å². The first-order valence-electron chi connectivity index (χ1n) is 6.38. The largest absolute Gasteiger partial charge is 0.457 e. The second kappa shape index (κ2) is 6.67. The molecule has 0 aromatic heterocycles. The fourth-order valence-corrected chi connectivity index (χ4v) is 2.46. The van der Waals surface area contributed by atoms with Gasteiger partial charge in [-0.1, -0.05) is 18.2 Å². The Bertz CT molecular complexity index is 772. The Morgan fingerprint density at radius 1 is 1.14 bits per heavy atom. The van der Waals surface area contributed by atoms with Crippen molar-refractivity contribution in [2.75, 3.05) is 7.05 Å². The number of hydrogen-bond donors (Lipinski definition) is 1. The molecule has 0 aliphatic rings. The summed E-state index contributed by atoms with van der Waals surface area (Å²) >= 11 is 0. The first-order chi connectivity index (χ1) is 10.4. The number of carbonyl (C=O) groups is 1. The standard InChI is InChI=1S/C15H14FNO4S/c1-17-22(19,20)13-8-6-11(7-9-13)15(18)21-10-12-4-2-3-5-14(12)16/h2-9,17H,10H2,1H3. The molecule has 0 aliphatic heterocycles. The van der Waals surface area contributed by atoms with Crippen molar-refractivity contribution in [3.8, 4) is 0 Å². The summed E-state index contributed by atoms with van der Waals surface area (Å²) in [6.07, 6.45) is 0. The van der Waals surface area contributed by atoms with Crippen molar-refractivity contribution in [1.29, 1.82) is 0 Å². The zero-order valence-electron chi connectivity index (χ0n) is 11.7. The molecule has 0 atom stereocenters. The van der Waals surface area contributed by atoms with Gasteiger partial charge in [0.1, 0.15) is 12.4 Å². The highest BCUT2D eigenvalue weighted by Crippen LogP contribution is 2.13. The van der Waals surface area contributed by atoms with Gasteiger partial charge in [-0.3, -0.25) is 0 Å². The summed E-state index contributed by atoms with van der Waals surface area (Å²) in [6.45, 7) is -0.192. The van der Waals surface area contributed by atoms with E-state index in [-0.39, 0.29) is 22.6 Å². The fourth-order valence-electron chi connectivity index (χ4n) is 1.73. The van der Waals surface area contributed by atoms with Crippen LogP contribution in [-0.4, -0.2) is 21.4 Å². The van der Waals surface area contributed by atoms with Gasteiger partial charge in [-0.15, -0.1) is 0 Å². The number of esters is 1. The molecule has 22 heavy (non-hydrogen) atoms. The van der Waals surface area contributed by atoms with Gasteiger partial charge in [0.2, 0.25) is 10.0 Å². The molecule has 0 unspecified atom stereocenters. The predicted octanol–water partition coefficient (Wildman–Crippen LogP) is 2.09. The van der Waals surface area contributed by atoms with Crippen LogP contribution in [0.15, 0.2) is 53.4 Å². The van der Waals surface area contributed by atoms with Crippen LogP contribution in [0, 0.1) is 5.82 Å². The number of nitrogens with one attached hydrogen (secondary N) is 1. The van der Waals surface area contributed by atoms with Crippen molar-refractivity contribution < 1.29 is 22.3 Å². The molecule has 0 aliphatic carbocycles. The first-order valence-corrected chi connectivity index (χ1v) is 7.86. The van der Waals surface area contributed by atoms with E-state index in [1.807, 2.05) is 0 Å². The van der Waals surface area contributed by atoms with Gasteiger partial charge < -0.3 is 4.74 Å². The maximum absolute atomic E-state index is 13.4. The predicted molar refractivity (Wildman–Crippen MR) is 78.2 cm³/mol. The van der Waals surface area contributed by atoms with Gasteiger partial charge in [0.25, 0.3) is 0 Å². The zero-order chi connectivity index (χ0) is 16.2. The molecule has 0 spiro atoms. The number of hydrogen-bond acceptors (Lipinski definition) is 4. The van der Waals surface area contributed by atoms with Crippen molar-refractivity contribution in [2.45, 2.75) is 11.5 Å². The van der Waals surface area contributed by atoms with Crippen molar-refractivity contribution in [1.82, 2.24) is 4.72 Å². The minimum atomic E-state index is -3.55. The van der Waals surface area contributed by atoms with E-state index >= 15 is 0 Å². The molecular formula is C15H14FNO4S. The summed E-state index contributed by atoms with van der Waals surface area (Å²) < 4.78 is 43.7. The monoisotopic (exact) mass is 323 g/mol. The molecule has 5 nitrogen and oxygen atoms in total. The maximum Gasteiger partial charge on any atom is 0.338 e. The minimum absolute atomic E-state index is 0.0423. The summed E-state index contributed by atoms with van der Waals surface area (Å²) in [5.41, 5.74) is 0.455. The van der Waals surface area contributed by atoms with E-state index in [0.29, 0.717) is 0 Å². The highest BCUT2D eigenvalue weighted by molar-refractivity contribution is 7.89. The number of carbonyl (C=O) groups excluding carboxylic acids is 1. The topological polar surface area (TPSA) is 72.5 Å². The Morgan fingerprint density at radius 3 is 2.36 bits per heavy atom. The molecule has 0 amide bonds. The third-order valence-electron chi connectivity index (χ3n) is 2.99. The molecule has 0 fully saturated rings. The van der Waals surface area contributed by atoms with Gasteiger partial charge in [-0.2, -0.15) is 0 Å². The van der Waals surface area contributed by atoms with Crippen molar-refractivity contribution in [3.05, 3.63) is 65.5 Å². The Labute approximate surface area is 127 Å². The Balaban J connectivity index is 2.06. The molecule has 0 saturated heterocycles. The second-order valence-electron chi connectivity index (χ2n) is 4.40. The highest BCUT2D eigenvalue weighted by atomic mass is 32.2. The molecule has 2 rings (SSSR count). The van der Waals surface area contributed by atoms with E-state index in [4.69, 9.17) is 4.74 Å². The summed E-state index contributed by atoms with van der Waals surface area (Å²) in [4.78, 5) is 11.9. The van der Waals surface area contributed by atoms with Crippen molar-refractivity contribution in [2.24, 2.45) is 0 Å². The van der Waals surface area contributed by atoms with Gasteiger partial charge in [0.15, 0.2) is 0 Å². The fraction of sp³-hybridized carbons (Fsp3) is 0.133. The summed E-state index contributed by atoms with van der Waals surface area (Å²) in [5.74, 6) is -1.11. The van der Waals surface area contributed by atoms with Gasteiger partial charge >= 0.3 is 5.97 Å². The molecule has 116 valence electrons. The lowest BCUT2D eigenvalue weighted by Crippen LogP contribution is -2.18. The van der Waals surface area contributed by atoms with Crippen LogP contribution in [0.25, 0.3) is 0 Å². The maximum atomic E-state index is 13.4. The van der Waals surface area contributed by atoms with Crippen molar-refractivity contribution in [3.63, 3.8) is 0 Å². The van der Waals surface area contributed by atoms with Crippen LogP contribution in [0.2, 0.25) is 0 Å². The lowest BCUT2D eigenvalue weighted by atomic mass is 10.2. The summed E-state index contributed by atoms with van der Waals surface area (Å²) in [5, 5.41) is 0. The van der Waals surface area contributed by atoms with Crippen LogP contribution < -0.4 is 4.72 Å². The molecule has 2 aromatic rings. The molecule has 0 saturated carbocycles. The number of benzene rings is 2. The van der Waals surface area contributed by atoms with Crippen LogP contribution in [-0.2, 0) is 21.4 Å². The van der Waals surface area contributed by atoms with E-state index in [1.54, 1.807) is 12.1 Å². The summed E-state index contributed by atoms with van der Waals surface area (Å²) in [6, 6.07) is 11.3. The zero-order valence-corrected chi connectivity index (χ0v) is 12.6. The minimum Gasteiger partial charge on any atom is -0.457 e. The van der Waals surface area contributed by atoms with E-state index in [9.17, 15) is 17.6 Å². The van der Waals surface area contributed by atoms with E-state index in [2.05, 4.69) is 4.72 Å². The first kappa shape index (κ1) is 16.1. The lowest BCUT2D eigenvalue weighted by Gasteiger charge is -2.07. The average Bonchev–Trinajstić information content (AvgIpc) is 2.54. The van der Waals surface area contributed by atoms with Crippen LogP contribution in [0.1, 0.15) is 15.9 Å². The second-order valence-corrected chi connectivity index (χ2v) is 6.29. The van der Waals surface area contributed by atoms with Crippen LogP contribution in [0.4, 0.5) is 4.39 Å². The molecule has 7 heteroatoms. The number of halogens is 1. The lowest BCUT2D eigenvalue weighted by molar-refractivity contribution is 0.0469. The Kier molecular flexibility index (Phi) is 4.89. The number of rotatable bonds is 5. The Hall–Kier alpha value is -2.25. The highest BCUT2D eigenvalue weighted by Gasteiger charge is 2.13. The molecule has 0 bridgehead atoms. The van der Waals surface area contributed by atoms with Crippen LogP contribution in [0.5, 0.6) is 0 Å². The van der Waals surface area contributed by atoms with Crippen LogP contribution in [0.3, 0.4) is 0 Å².